The van der Waals surface area contributed by atoms with Crippen LogP contribution in [0.3, 0.4) is 0 Å². The fourth-order valence-corrected chi connectivity index (χ4v) is 0.762. The molecule has 0 rings (SSSR count). The highest BCUT2D eigenvalue weighted by atomic mass is 16.5. The van der Waals surface area contributed by atoms with Crippen LogP contribution in [0.5, 0.6) is 0 Å². The summed E-state index contributed by atoms with van der Waals surface area (Å²) in [6.45, 7) is 1.75. The monoisotopic (exact) mass is 204 g/mol. The van der Waals surface area contributed by atoms with E-state index < -0.39 is 17.9 Å². The summed E-state index contributed by atoms with van der Waals surface area (Å²) < 4.78 is 4.65. The van der Waals surface area contributed by atoms with Crippen molar-refractivity contribution in [3.05, 3.63) is 0 Å². The molecule has 0 spiro atoms. The molecule has 6 heteroatoms. The van der Waals surface area contributed by atoms with Gasteiger partial charge in [0.05, 0.1) is 6.61 Å². The van der Waals surface area contributed by atoms with Gasteiger partial charge < -0.3 is 20.9 Å². The van der Waals surface area contributed by atoms with Crippen molar-refractivity contribution in [2.24, 2.45) is 11.7 Å². The average molecular weight is 204 g/mol. The van der Waals surface area contributed by atoms with Gasteiger partial charge in [-0.3, -0.25) is 4.79 Å². The van der Waals surface area contributed by atoms with Crippen LogP contribution in [-0.2, 0) is 14.3 Å². The van der Waals surface area contributed by atoms with Crippen molar-refractivity contribution in [3.63, 3.8) is 0 Å². The Morgan fingerprint density at radius 2 is 2.14 bits per heavy atom. The zero-order chi connectivity index (χ0) is 11.1. The number of nitrogens with one attached hydrogen (secondary N) is 1. The van der Waals surface area contributed by atoms with Crippen molar-refractivity contribution in [2.75, 3.05) is 20.3 Å². The van der Waals surface area contributed by atoms with Crippen LogP contribution >= 0.6 is 0 Å². The molecule has 0 saturated heterocycles. The van der Waals surface area contributed by atoms with E-state index in [1.165, 1.54) is 7.11 Å². The van der Waals surface area contributed by atoms with E-state index in [-0.39, 0.29) is 19.1 Å². The normalized spacial score (nSPS) is 14.5. The Morgan fingerprint density at radius 3 is 2.50 bits per heavy atom. The van der Waals surface area contributed by atoms with Crippen LogP contribution in [0.2, 0.25) is 0 Å². The summed E-state index contributed by atoms with van der Waals surface area (Å²) >= 11 is 0. The third kappa shape index (κ3) is 4.20. The van der Waals surface area contributed by atoms with Crippen molar-refractivity contribution in [2.45, 2.75) is 13.0 Å². The molecule has 82 valence electrons. The number of methoxy groups -OCH3 is 1. The van der Waals surface area contributed by atoms with Crippen LogP contribution in [0.1, 0.15) is 6.92 Å². The van der Waals surface area contributed by atoms with Crippen molar-refractivity contribution < 1.29 is 19.4 Å². The highest BCUT2D eigenvalue weighted by molar-refractivity contribution is 5.84. The maximum Gasteiger partial charge on any atom is 0.328 e. The topological polar surface area (TPSA) is 102 Å². The number of hydrogen-bond donors (Lipinski definition) is 3. The number of hydrogen-bond acceptors (Lipinski definition) is 4. The summed E-state index contributed by atoms with van der Waals surface area (Å²) in [5, 5.41) is 11.0. The van der Waals surface area contributed by atoms with Crippen LogP contribution < -0.4 is 11.1 Å². The Kier molecular flexibility index (Phi) is 5.82. The number of carbonyl (C=O) groups excluding carboxylic acids is 1. The molecule has 0 aliphatic rings. The Labute approximate surface area is 82.4 Å². The first-order chi connectivity index (χ1) is 6.52. The van der Waals surface area contributed by atoms with Crippen LogP contribution in [0.15, 0.2) is 0 Å². The van der Waals surface area contributed by atoms with E-state index in [1.54, 1.807) is 6.92 Å². The summed E-state index contributed by atoms with van der Waals surface area (Å²) in [4.78, 5) is 21.9. The summed E-state index contributed by atoms with van der Waals surface area (Å²) in [7, 11) is 1.37. The average Bonchev–Trinajstić information content (AvgIpc) is 2.15. The lowest BCUT2D eigenvalue weighted by Gasteiger charge is -2.15. The molecule has 0 radical (unpaired) electrons. The number of ether oxygens (including phenoxy) is 1. The smallest absolute Gasteiger partial charge is 0.328 e. The first-order valence-corrected chi connectivity index (χ1v) is 4.25. The molecule has 2 atom stereocenters. The van der Waals surface area contributed by atoms with Gasteiger partial charge in [0.2, 0.25) is 5.91 Å². The van der Waals surface area contributed by atoms with E-state index in [4.69, 9.17) is 10.8 Å². The lowest BCUT2D eigenvalue weighted by atomic mass is 10.1. The molecule has 0 aliphatic heterocycles. The van der Waals surface area contributed by atoms with Gasteiger partial charge in [-0.25, -0.2) is 4.79 Å². The number of nitrogens with two attached hydrogens (primary N) is 1. The van der Waals surface area contributed by atoms with Gasteiger partial charge in [-0.15, -0.1) is 0 Å². The number of carboxylic acids is 1. The summed E-state index contributed by atoms with van der Waals surface area (Å²) in [6.07, 6.45) is 0. The van der Waals surface area contributed by atoms with E-state index in [9.17, 15) is 9.59 Å². The number of amides is 1. The van der Waals surface area contributed by atoms with Gasteiger partial charge >= 0.3 is 5.97 Å². The fraction of sp³-hybridized carbons (Fsp3) is 0.750. The molecule has 0 heterocycles. The van der Waals surface area contributed by atoms with Gasteiger partial charge in [-0.05, 0) is 0 Å². The molecule has 14 heavy (non-hydrogen) atoms. The standard InChI is InChI=1S/C8H16N2O4/c1-5(3-9)7(11)10-6(4-14-2)8(12)13/h5-6H,3-4,9H2,1-2H3,(H,10,11)(H,12,13). The Morgan fingerprint density at radius 1 is 1.57 bits per heavy atom. The third-order valence-electron chi connectivity index (χ3n) is 1.75. The molecule has 2 unspecified atom stereocenters. The lowest BCUT2D eigenvalue weighted by molar-refractivity contribution is -0.143. The molecule has 0 bridgehead atoms. The Bertz CT molecular complexity index is 208. The maximum atomic E-state index is 11.3. The maximum absolute atomic E-state index is 11.3. The first kappa shape index (κ1) is 12.9. The van der Waals surface area contributed by atoms with Crippen molar-refractivity contribution in [1.82, 2.24) is 5.32 Å². The zero-order valence-electron chi connectivity index (χ0n) is 8.32. The predicted octanol–water partition coefficient (Wildman–Crippen LogP) is -1.20. The summed E-state index contributed by atoms with van der Waals surface area (Å²) in [6, 6.07) is -1.01. The first-order valence-electron chi connectivity index (χ1n) is 4.25. The number of carboxylic acid groups (broad SMARTS) is 1. The Hall–Kier alpha value is -1.14. The second-order valence-corrected chi connectivity index (χ2v) is 2.99. The van der Waals surface area contributed by atoms with Crippen molar-refractivity contribution >= 4 is 11.9 Å². The third-order valence-corrected chi connectivity index (χ3v) is 1.75. The van der Waals surface area contributed by atoms with Gasteiger partial charge in [-0.1, -0.05) is 6.92 Å². The molecule has 0 aliphatic carbocycles. The molecule has 0 aromatic heterocycles. The molecule has 4 N–H and O–H groups in total. The van der Waals surface area contributed by atoms with Crippen LogP contribution in [0.25, 0.3) is 0 Å². The largest absolute Gasteiger partial charge is 0.480 e. The van der Waals surface area contributed by atoms with Gasteiger partial charge in [0, 0.05) is 19.6 Å². The highest BCUT2D eigenvalue weighted by Gasteiger charge is 2.21. The van der Waals surface area contributed by atoms with Gasteiger partial charge in [-0.2, -0.15) is 0 Å². The van der Waals surface area contributed by atoms with Gasteiger partial charge in [0.25, 0.3) is 0 Å². The number of aliphatic carboxylic acids is 1. The van der Waals surface area contributed by atoms with E-state index in [0.717, 1.165) is 0 Å². The van der Waals surface area contributed by atoms with E-state index >= 15 is 0 Å². The highest BCUT2D eigenvalue weighted by Crippen LogP contribution is 1.93. The molecule has 0 aromatic rings. The molecule has 0 aromatic carbocycles. The van der Waals surface area contributed by atoms with E-state index in [2.05, 4.69) is 10.1 Å². The molecule has 6 nitrogen and oxygen atoms in total. The van der Waals surface area contributed by atoms with Crippen LogP contribution in [0, 0.1) is 5.92 Å². The zero-order valence-corrected chi connectivity index (χ0v) is 8.32. The van der Waals surface area contributed by atoms with Crippen molar-refractivity contribution in [1.29, 1.82) is 0 Å². The lowest BCUT2D eigenvalue weighted by Crippen LogP contribution is -2.46. The van der Waals surface area contributed by atoms with E-state index in [1.807, 2.05) is 0 Å². The fourth-order valence-electron chi connectivity index (χ4n) is 0.762. The Balaban J connectivity index is 4.15. The molecule has 0 fully saturated rings. The molecular formula is C8H16N2O4. The molecule has 1 amide bonds. The second-order valence-electron chi connectivity index (χ2n) is 2.99. The minimum absolute atomic E-state index is 0.0572. The van der Waals surface area contributed by atoms with Gasteiger partial charge in [0.15, 0.2) is 6.04 Å². The minimum atomic E-state index is -1.12. The number of carbonyl (C=O) groups is 2. The predicted molar refractivity (Wildman–Crippen MR) is 49.7 cm³/mol. The quantitative estimate of drug-likeness (QED) is 0.504. The summed E-state index contributed by atoms with van der Waals surface area (Å²) in [5.74, 6) is -1.89. The summed E-state index contributed by atoms with van der Waals surface area (Å²) in [5.41, 5.74) is 5.26. The van der Waals surface area contributed by atoms with Crippen LogP contribution in [0.4, 0.5) is 0 Å². The molecular weight excluding hydrogens is 188 g/mol. The second kappa shape index (κ2) is 6.33. The van der Waals surface area contributed by atoms with Gasteiger partial charge in [0.1, 0.15) is 0 Å². The minimum Gasteiger partial charge on any atom is -0.480 e. The van der Waals surface area contributed by atoms with Crippen molar-refractivity contribution in [3.8, 4) is 0 Å². The van der Waals surface area contributed by atoms with E-state index in [0.29, 0.717) is 0 Å². The SMILES string of the molecule is COCC(NC(=O)C(C)CN)C(=O)O. The molecule has 0 saturated carbocycles. The van der Waals surface area contributed by atoms with Crippen LogP contribution in [-0.4, -0.2) is 43.3 Å². The number of rotatable bonds is 6.